The van der Waals surface area contributed by atoms with Gasteiger partial charge in [0.1, 0.15) is 35.8 Å². The fraction of sp³-hybridized carbons (Fsp3) is 0.130. The topological polar surface area (TPSA) is 32.1 Å². The molecule has 0 fully saturated rings. The summed E-state index contributed by atoms with van der Waals surface area (Å²) in [5.74, 6) is 2.54. The van der Waals surface area contributed by atoms with Gasteiger partial charge in [-0.1, -0.05) is 0 Å². The zero-order valence-electron chi connectivity index (χ0n) is 17.1. The molecule has 3 aromatic carbocycles. The number of halogens is 3. The van der Waals surface area contributed by atoms with Crippen LogP contribution >= 0.6 is 0 Å². The van der Waals surface area contributed by atoms with Crippen molar-refractivity contribution in [2.24, 2.45) is 0 Å². The maximum atomic E-state index is 13.0. The zero-order valence-corrected chi connectivity index (χ0v) is 17.1. The Hall–Kier alpha value is -3.57. The molecule has 0 radical (unpaired) electrons. The maximum absolute atomic E-state index is 13.0. The second-order valence-electron chi connectivity index (χ2n) is 6.43. The van der Waals surface area contributed by atoms with Crippen LogP contribution in [0.15, 0.2) is 72.8 Å². The molecule has 0 aliphatic carbocycles. The van der Waals surface area contributed by atoms with Crippen LogP contribution < -0.4 is 14.2 Å². The smallest absolute Gasteiger partial charge is 0.489 e. The van der Waals surface area contributed by atoms with Crippen LogP contribution in [0.1, 0.15) is 0 Å². The minimum Gasteiger partial charge on any atom is -0.489 e. The second-order valence-corrected chi connectivity index (χ2v) is 6.43. The van der Waals surface area contributed by atoms with Crippen molar-refractivity contribution in [1.82, 2.24) is 0 Å². The van der Waals surface area contributed by atoms with Crippen molar-refractivity contribution in [3.8, 4) is 23.5 Å². The van der Waals surface area contributed by atoms with Crippen LogP contribution in [-0.2, 0) is 4.65 Å². The highest BCUT2D eigenvalue weighted by atomic mass is 19.1. The predicted octanol–water partition coefficient (Wildman–Crippen LogP) is 3.16. The molecule has 0 saturated carbocycles. The van der Waals surface area contributed by atoms with Gasteiger partial charge in [-0.25, -0.2) is 13.2 Å². The summed E-state index contributed by atoms with van der Waals surface area (Å²) in [6, 6.07) is 19.3. The SMILES string of the molecule is C[NH+](C)CC#COB(Oc1ccc(F)cc1)Oc1ccc(F)cc1.Fc1cc[c-]cc1. The monoisotopic (exact) mass is 427 g/mol. The number of nitrogens with one attached hydrogen (secondary N) is 1. The molecule has 0 saturated heterocycles. The van der Waals surface area contributed by atoms with E-state index in [1.165, 1.54) is 72.8 Å². The summed E-state index contributed by atoms with van der Waals surface area (Å²) in [5.41, 5.74) is 0. The fourth-order valence-electron chi connectivity index (χ4n) is 1.99. The first-order valence-corrected chi connectivity index (χ1v) is 9.31. The van der Waals surface area contributed by atoms with Crippen molar-refractivity contribution in [3.05, 3.63) is 96.3 Å². The van der Waals surface area contributed by atoms with Crippen molar-refractivity contribution in [3.63, 3.8) is 0 Å². The minimum absolute atomic E-state index is 0.209. The third-order valence-corrected chi connectivity index (χ3v) is 3.44. The number of hydrogen-bond acceptors (Lipinski definition) is 3. The molecule has 0 spiro atoms. The molecule has 8 heteroatoms. The molecule has 0 aliphatic heterocycles. The van der Waals surface area contributed by atoms with Gasteiger partial charge in [-0.05, 0) is 54.5 Å². The molecule has 0 aliphatic rings. The summed E-state index contributed by atoms with van der Waals surface area (Å²) < 4.78 is 54.0. The molecular weight excluding hydrogens is 406 g/mol. The van der Waals surface area contributed by atoms with Crippen molar-refractivity contribution in [2.45, 2.75) is 0 Å². The Morgan fingerprint density at radius 1 is 0.774 bits per heavy atom. The van der Waals surface area contributed by atoms with E-state index in [1.807, 2.05) is 14.1 Å². The fourth-order valence-corrected chi connectivity index (χ4v) is 1.99. The van der Waals surface area contributed by atoms with Crippen LogP contribution in [0, 0.1) is 35.5 Å². The van der Waals surface area contributed by atoms with Gasteiger partial charge in [-0.15, -0.1) is 12.1 Å². The summed E-state index contributed by atoms with van der Waals surface area (Å²) in [6.45, 7) is 0.583. The Bertz CT molecular complexity index is 912. The van der Waals surface area contributed by atoms with Crippen molar-refractivity contribution >= 4 is 7.32 Å². The van der Waals surface area contributed by atoms with Gasteiger partial charge >= 0.3 is 7.32 Å². The first kappa shape index (κ1) is 23.7. The Kier molecular flexibility index (Phi) is 9.85. The Balaban J connectivity index is 0.000000412. The molecule has 160 valence electrons. The van der Waals surface area contributed by atoms with Gasteiger partial charge in [0.25, 0.3) is 0 Å². The van der Waals surface area contributed by atoms with E-state index in [4.69, 9.17) is 14.0 Å². The lowest BCUT2D eigenvalue weighted by Crippen LogP contribution is -3.05. The normalized spacial score (nSPS) is 9.61. The number of quaternary nitrogens is 1. The van der Waals surface area contributed by atoms with Crippen LogP contribution in [-0.4, -0.2) is 28.0 Å². The summed E-state index contributed by atoms with van der Waals surface area (Å²) in [6.07, 6.45) is 2.51. The van der Waals surface area contributed by atoms with E-state index in [-0.39, 0.29) is 17.5 Å². The third-order valence-electron chi connectivity index (χ3n) is 3.44. The molecule has 3 aromatic rings. The highest BCUT2D eigenvalue weighted by Gasteiger charge is 2.29. The van der Waals surface area contributed by atoms with Crippen LogP contribution in [0.3, 0.4) is 0 Å². The Morgan fingerprint density at radius 2 is 1.23 bits per heavy atom. The van der Waals surface area contributed by atoms with Gasteiger partial charge in [-0.3, -0.25) is 0 Å². The lowest BCUT2D eigenvalue weighted by molar-refractivity contribution is -0.850. The van der Waals surface area contributed by atoms with Gasteiger partial charge in [0, 0.05) is 5.82 Å². The van der Waals surface area contributed by atoms with Crippen LogP contribution in [0.5, 0.6) is 11.5 Å². The molecule has 0 aromatic heterocycles. The average molecular weight is 427 g/mol. The van der Waals surface area contributed by atoms with E-state index < -0.39 is 7.32 Å². The van der Waals surface area contributed by atoms with Crippen LogP contribution in [0.25, 0.3) is 0 Å². The van der Waals surface area contributed by atoms with Crippen molar-refractivity contribution < 1.29 is 32.0 Å². The van der Waals surface area contributed by atoms with E-state index in [0.717, 1.165) is 4.90 Å². The van der Waals surface area contributed by atoms with E-state index in [1.54, 1.807) is 0 Å². The van der Waals surface area contributed by atoms with Gasteiger partial charge in [0.05, 0.1) is 14.1 Å². The molecule has 4 nitrogen and oxygen atoms in total. The third kappa shape index (κ3) is 10.1. The van der Waals surface area contributed by atoms with E-state index in [2.05, 4.69) is 18.1 Å². The molecule has 0 unspecified atom stereocenters. The lowest BCUT2D eigenvalue weighted by atomic mass is 10.2. The Labute approximate surface area is 180 Å². The van der Waals surface area contributed by atoms with Crippen molar-refractivity contribution in [2.75, 3.05) is 20.6 Å². The molecule has 1 N–H and O–H groups in total. The lowest BCUT2D eigenvalue weighted by Gasteiger charge is -2.13. The number of hydrogen-bond donors (Lipinski definition) is 1. The quantitative estimate of drug-likeness (QED) is 0.373. The van der Waals surface area contributed by atoms with Gasteiger partial charge in [0.15, 0.2) is 0 Å². The largest absolute Gasteiger partial charge is 0.873 e. The van der Waals surface area contributed by atoms with Gasteiger partial charge in [0.2, 0.25) is 0 Å². The summed E-state index contributed by atoms with van der Waals surface area (Å²) in [7, 11) is 2.73. The number of benzene rings is 3. The summed E-state index contributed by atoms with van der Waals surface area (Å²) >= 11 is 0. The molecule has 0 bridgehead atoms. The average Bonchev–Trinajstić information content (AvgIpc) is 2.75. The molecule has 0 amide bonds. The first-order chi connectivity index (χ1) is 14.9. The zero-order chi connectivity index (χ0) is 22.5. The van der Waals surface area contributed by atoms with Gasteiger partial charge in [-0.2, -0.15) is 18.2 Å². The Morgan fingerprint density at radius 3 is 1.61 bits per heavy atom. The number of rotatable bonds is 6. The molecule has 0 heterocycles. The first-order valence-electron chi connectivity index (χ1n) is 9.31. The van der Waals surface area contributed by atoms with Crippen LogP contribution in [0.4, 0.5) is 13.2 Å². The highest BCUT2D eigenvalue weighted by Crippen LogP contribution is 2.16. The minimum atomic E-state index is -1.18. The maximum Gasteiger partial charge on any atom is 0.873 e. The second kappa shape index (κ2) is 12.9. The standard InChI is InChI=1S/C17H16BF2NO3.C6H4F/c1-21(2)12-3-13-22-18(23-16-8-4-14(19)5-9-16)24-17-10-6-15(20)7-11-17;7-6-4-2-1-3-5-6/h4-11H,12H2,1-2H3;2-5H/q;-1/p+1. The predicted molar refractivity (Wildman–Crippen MR) is 112 cm³/mol. The highest BCUT2D eigenvalue weighted by molar-refractivity contribution is 6.39. The van der Waals surface area contributed by atoms with E-state index >= 15 is 0 Å². The molecule has 3 rings (SSSR count). The molecule has 31 heavy (non-hydrogen) atoms. The molecule has 0 atom stereocenters. The van der Waals surface area contributed by atoms with E-state index in [0.29, 0.717) is 18.0 Å². The van der Waals surface area contributed by atoms with Crippen LogP contribution in [0.2, 0.25) is 0 Å². The summed E-state index contributed by atoms with van der Waals surface area (Å²) in [5, 5.41) is 0. The molecular formula is C23H21BF3NO3. The van der Waals surface area contributed by atoms with Crippen molar-refractivity contribution in [1.29, 1.82) is 0 Å². The van der Waals surface area contributed by atoms with Gasteiger partial charge < -0.3 is 18.9 Å². The summed E-state index contributed by atoms with van der Waals surface area (Å²) in [4.78, 5) is 1.14. The van der Waals surface area contributed by atoms with E-state index in [9.17, 15) is 13.2 Å².